The summed E-state index contributed by atoms with van der Waals surface area (Å²) in [6, 6.07) is 0. The molecule has 0 spiro atoms. The fraction of sp³-hybridized carbons (Fsp3) is 0.917. The molecule has 1 aliphatic heterocycles. The first-order valence-electron chi connectivity index (χ1n) is 6.21. The Morgan fingerprint density at radius 1 is 1.41 bits per heavy atom. The fourth-order valence-electron chi connectivity index (χ4n) is 1.64. The molecule has 1 rings (SSSR count). The van der Waals surface area contributed by atoms with Gasteiger partial charge in [0.05, 0.1) is 6.10 Å². The number of amides is 1. The highest BCUT2D eigenvalue weighted by molar-refractivity contribution is 5.85. The second kappa shape index (κ2) is 8.72. The summed E-state index contributed by atoms with van der Waals surface area (Å²) < 4.78 is 5.40. The van der Waals surface area contributed by atoms with Crippen LogP contribution in [0.1, 0.15) is 27.2 Å². The van der Waals surface area contributed by atoms with E-state index in [1.165, 1.54) is 0 Å². The highest BCUT2D eigenvalue weighted by Gasteiger charge is 2.28. The molecule has 0 radical (unpaired) electrons. The summed E-state index contributed by atoms with van der Waals surface area (Å²) in [6.07, 6.45) is 1.16. The SMILES string of the molecule is CC(C)OCCCNC(=O)C(C)C1CNC1.Cl. The molecule has 0 aromatic carbocycles. The number of rotatable bonds is 7. The maximum atomic E-state index is 11.7. The minimum atomic E-state index is 0. The third kappa shape index (κ3) is 6.24. The molecule has 0 aliphatic carbocycles. The number of ether oxygens (including phenoxy) is 1. The zero-order valence-corrected chi connectivity index (χ0v) is 11.8. The van der Waals surface area contributed by atoms with Gasteiger partial charge in [0.1, 0.15) is 0 Å². The molecular formula is C12H25ClN2O2. The van der Waals surface area contributed by atoms with Crippen molar-refractivity contribution in [2.45, 2.75) is 33.3 Å². The van der Waals surface area contributed by atoms with E-state index in [0.29, 0.717) is 5.92 Å². The van der Waals surface area contributed by atoms with Crippen molar-refractivity contribution in [1.29, 1.82) is 0 Å². The second-order valence-electron chi connectivity index (χ2n) is 4.77. The van der Waals surface area contributed by atoms with Crippen LogP contribution in [0.5, 0.6) is 0 Å². The number of nitrogens with one attached hydrogen (secondary N) is 2. The summed E-state index contributed by atoms with van der Waals surface area (Å²) in [4.78, 5) is 11.7. The van der Waals surface area contributed by atoms with Gasteiger partial charge in [0, 0.05) is 19.1 Å². The van der Waals surface area contributed by atoms with E-state index in [1.807, 2.05) is 20.8 Å². The summed E-state index contributed by atoms with van der Waals surface area (Å²) in [5.74, 6) is 0.829. The Bertz CT molecular complexity index is 221. The molecule has 1 unspecified atom stereocenters. The van der Waals surface area contributed by atoms with Crippen LogP contribution in [0.15, 0.2) is 0 Å². The van der Waals surface area contributed by atoms with Crippen molar-refractivity contribution in [1.82, 2.24) is 10.6 Å². The number of carbonyl (C=O) groups is 1. The maximum absolute atomic E-state index is 11.7. The Morgan fingerprint density at radius 2 is 2.06 bits per heavy atom. The Balaban J connectivity index is 0.00000256. The van der Waals surface area contributed by atoms with Gasteiger partial charge < -0.3 is 15.4 Å². The molecule has 0 aromatic heterocycles. The largest absolute Gasteiger partial charge is 0.379 e. The Labute approximate surface area is 110 Å². The van der Waals surface area contributed by atoms with E-state index in [4.69, 9.17) is 4.74 Å². The topological polar surface area (TPSA) is 50.4 Å². The lowest BCUT2D eigenvalue weighted by atomic mass is 9.88. The molecule has 1 heterocycles. The molecule has 1 atom stereocenters. The van der Waals surface area contributed by atoms with Gasteiger partial charge in [-0.15, -0.1) is 12.4 Å². The molecule has 0 bridgehead atoms. The first-order valence-corrected chi connectivity index (χ1v) is 6.21. The summed E-state index contributed by atoms with van der Waals surface area (Å²) in [7, 11) is 0. The molecule has 17 heavy (non-hydrogen) atoms. The first kappa shape index (κ1) is 16.7. The van der Waals surface area contributed by atoms with Gasteiger partial charge in [0.25, 0.3) is 0 Å². The van der Waals surface area contributed by atoms with E-state index < -0.39 is 0 Å². The molecule has 4 nitrogen and oxygen atoms in total. The van der Waals surface area contributed by atoms with Gasteiger partial charge in [-0.05, 0) is 39.3 Å². The second-order valence-corrected chi connectivity index (χ2v) is 4.77. The Kier molecular flexibility index (Phi) is 8.56. The molecular weight excluding hydrogens is 240 g/mol. The van der Waals surface area contributed by atoms with Crippen molar-refractivity contribution in [3.05, 3.63) is 0 Å². The predicted octanol–water partition coefficient (Wildman–Crippen LogP) is 1.19. The molecule has 0 saturated carbocycles. The lowest BCUT2D eigenvalue weighted by Crippen LogP contribution is -2.49. The fourth-order valence-corrected chi connectivity index (χ4v) is 1.64. The van der Waals surface area contributed by atoms with E-state index >= 15 is 0 Å². The molecule has 102 valence electrons. The average Bonchev–Trinajstić information content (AvgIpc) is 2.13. The van der Waals surface area contributed by atoms with Crippen molar-refractivity contribution in [2.24, 2.45) is 11.8 Å². The van der Waals surface area contributed by atoms with Crippen LogP contribution in [0.3, 0.4) is 0 Å². The Hall–Kier alpha value is -0.320. The number of halogens is 1. The van der Waals surface area contributed by atoms with E-state index in [2.05, 4.69) is 10.6 Å². The summed E-state index contributed by atoms with van der Waals surface area (Å²) in [5, 5.41) is 6.14. The summed E-state index contributed by atoms with van der Waals surface area (Å²) in [6.45, 7) is 9.43. The van der Waals surface area contributed by atoms with Gasteiger partial charge in [-0.2, -0.15) is 0 Å². The van der Waals surface area contributed by atoms with Gasteiger partial charge in [-0.3, -0.25) is 4.79 Å². The monoisotopic (exact) mass is 264 g/mol. The van der Waals surface area contributed by atoms with Crippen molar-refractivity contribution < 1.29 is 9.53 Å². The summed E-state index contributed by atoms with van der Waals surface area (Å²) in [5.41, 5.74) is 0. The van der Waals surface area contributed by atoms with Crippen LogP contribution in [0.25, 0.3) is 0 Å². The van der Waals surface area contributed by atoms with Gasteiger partial charge >= 0.3 is 0 Å². The number of carbonyl (C=O) groups excluding carboxylic acids is 1. The van der Waals surface area contributed by atoms with Crippen LogP contribution in [-0.2, 0) is 9.53 Å². The predicted molar refractivity (Wildman–Crippen MR) is 71.5 cm³/mol. The molecule has 2 N–H and O–H groups in total. The average molecular weight is 265 g/mol. The minimum absolute atomic E-state index is 0. The smallest absolute Gasteiger partial charge is 0.223 e. The van der Waals surface area contributed by atoms with Crippen molar-refractivity contribution in [3.8, 4) is 0 Å². The molecule has 1 aliphatic rings. The maximum Gasteiger partial charge on any atom is 0.223 e. The van der Waals surface area contributed by atoms with Gasteiger partial charge in [-0.25, -0.2) is 0 Å². The quantitative estimate of drug-likeness (QED) is 0.680. The van der Waals surface area contributed by atoms with Crippen LogP contribution in [0, 0.1) is 11.8 Å². The Morgan fingerprint density at radius 3 is 2.53 bits per heavy atom. The van der Waals surface area contributed by atoms with Crippen LogP contribution >= 0.6 is 12.4 Å². The van der Waals surface area contributed by atoms with E-state index in [1.54, 1.807) is 0 Å². The van der Waals surface area contributed by atoms with Crippen LogP contribution < -0.4 is 10.6 Å². The van der Waals surface area contributed by atoms with Crippen molar-refractivity contribution in [3.63, 3.8) is 0 Å². The number of hydrogen-bond acceptors (Lipinski definition) is 3. The van der Waals surface area contributed by atoms with Crippen LogP contribution in [0.4, 0.5) is 0 Å². The molecule has 1 fully saturated rings. The zero-order valence-electron chi connectivity index (χ0n) is 11.0. The van der Waals surface area contributed by atoms with Crippen LogP contribution in [0.2, 0.25) is 0 Å². The lowest BCUT2D eigenvalue weighted by Gasteiger charge is -2.31. The highest BCUT2D eigenvalue weighted by Crippen LogP contribution is 2.15. The van der Waals surface area contributed by atoms with Gasteiger partial charge in [0.15, 0.2) is 0 Å². The third-order valence-electron chi connectivity index (χ3n) is 3.01. The van der Waals surface area contributed by atoms with Crippen molar-refractivity contribution >= 4 is 18.3 Å². The van der Waals surface area contributed by atoms with Crippen LogP contribution in [-0.4, -0.2) is 38.3 Å². The molecule has 1 saturated heterocycles. The van der Waals surface area contributed by atoms with E-state index in [-0.39, 0.29) is 30.3 Å². The van der Waals surface area contributed by atoms with E-state index in [9.17, 15) is 4.79 Å². The van der Waals surface area contributed by atoms with Gasteiger partial charge in [-0.1, -0.05) is 6.92 Å². The molecule has 0 aromatic rings. The standard InChI is InChI=1S/C12H24N2O2.ClH/c1-9(2)16-6-4-5-14-12(15)10(3)11-7-13-8-11;/h9-11,13H,4-8H2,1-3H3,(H,14,15);1H. The third-order valence-corrected chi connectivity index (χ3v) is 3.01. The molecule has 5 heteroatoms. The first-order chi connectivity index (χ1) is 7.61. The normalized spacial score (nSPS) is 17.2. The van der Waals surface area contributed by atoms with E-state index in [0.717, 1.165) is 32.7 Å². The lowest BCUT2D eigenvalue weighted by molar-refractivity contribution is -0.126. The van der Waals surface area contributed by atoms with Gasteiger partial charge in [0.2, 0.25) is 5.91 Å². The minimum Gasteiger partial charge on any atom is -0.379 e. The zero-order chi connectivity index (χ0) is 12.0. The number of hydrogen-bond donors (Lipinski definition) is 2. The highest BCUT2D eigenvalue weighted by atomic mass is 35.5. The summed E-state index contributed by atoms with van der Waals surface area (Å²) >= 11 is 0. The van der Waals surface area contributed by atoms with Crippen molar-refractivity contribution in [2.75, 3.05) is 26.2 Å². The molecule has 1 amide bonds.